The van der Waals surface area contributed by atoms with Gasteiger partial charge in [-0.05, 0) is 44.5 Å². The summed E-state index contributed by atoms with van der Waals surface area (Å²) in [6.45, 7) is 2.80. The van der Waals surface area contributed by atoms with E-state index in [1.54, 1.807) is 6.26 Å². The topological polar surface area (TPSA) is 65.1 Å². The van der Waals surface area contributed by atoms with Crippen LogP contribution in [0, 0.1) is 0 Å². The molecule has 2 aliphatic heterocycles. The van der Waals surface area contributed by atoms with Crippen molar-refractivity contribution in [3.8, 4) is 23.0 Å². The Morgan fingerprint density at radius 1 is 1.15 bits per heavy atom. The van der Waals surface area contributed by atoms with Gasteiger partial charge in [0.05, 0.1) is 18.2 Å². The normalized spacial score (nSPS) is 21.3. The van der Waals surface area contributed by atoms with Gasteiger partial charge in [0.2, 0.25) is 5.89 Å². The van der Waals surface area contributed by atoms with E-state index in [9.17, 15) is 0 Å². The van der Waals surface area contributed by atoms with Crippen molar-refractivity contribution in [3.05, 3.63) is 49.0 Å². The molecular formula is C20H23ClN4O2. The maximum Gasteiger partial charge on any atom is 0.226 e. The van der Waals surface area contributed by atoms with Crippen LogP contribution in [0.15, 0.2) is 53.4 Å². The van der Waals surface area contributed by atoms with Gasteiger partial charge >= 0.3 is 0 Å². The number of halogens is 1. The lowest BCUT2D eigenvalue weighted by atomic mass is 9.88. The molecule has 0 radical (unpaired) electrons. The van der Waals surface area contributed by atoms with Crippen LogP contribution in [0.25, 0.3) is 23.0 Å². The predicted octanol–water partition coefficient (Wildman–Crippen LogP) is 3.71. The van der Waals surface area contributed by atoms with Gasteiger partial charge in [0.25, 0.3) is 0 Å². The molecule has 1 unspecified atom stereocenters. The second-order valence-corrected chi connectivity index (χ2v) is 7.16. The summed E-state index contributed by atoms with van der Waals surface area (Å²) in [5.41, 5.74) is 1.76. The van der Waals surface area contributed by atoms with Gasteiger partial charge in [0.1, 0.15) is 12.0 Å². The third kappa shape index (κ3) is 3.40. The number of nitrogens with one attached hydrogen (secondary N) is 1. The molecule has 0 saturated carbocycles. The summed E-state index contributed by atoms with van der Waals surface area (Å²) in [5, 5.41) is 3.42. The summed E-state index contributed by atoms with van der Waals surface area (Å²) >= 11 is 0. The molecule has 3 aromatic rings. The van der Waals surface area contributed by atoms with Gasteiger partial charge in [0.15, 0.2) is 5.82 Å². The van der Waals surface area contributed by atoms with E-state index in [2.05, 4.69) is 19.9 Å². The molecule has 1 spiro atoms. The molecule has 5 rings (SSSR count). The van der Waals surface area contributed by atoms with E-state index in [-0.39, 0.29) is 18.0 Å². The lowest BCUT2D eigenvalue weighted by molar-refractivity contribution is -0.0195. The molecule has 0 bridgehead atoms. The van der Waals surface area contributed by atoms with Crippen LogP contribution >= 0.6 is 12.4 Å². The van der Waals surface area contributed by atoms with Gasteiger partial charge in [0, 0.05) is 18.0 Å². The van der Waals surface area contributed by atoms with Crippen LogP contribution in [0.5, 0.6) is 0 Å². The zero-order valence-electron chi connectivity index (χ0n) is 15.0. The summed E-state index contributed by atoms with van der Waals surface area (Å²) in [5.74, 6) is 1.46. The maximum atomic E-state index is 6.25. The molecule has 2 saturated heterocycles. The molecule has 2 aromatic heterocycles. The molecule has 1 N–H and O–H groups in total. The standard InChI is InChI=1S/C20H22N4O2.ClH/c1-2-4-15(5-3-1)19-23-17(14-25-19)18-22-10-11-24(18)16-12-20(26-13-16)6-8-21-9-7-20;/h1-5,10-11,14,16,21H,6-9,12-13H2;1H. The number of nitrogens with zero attached hydrogens (tertiary/aromatic N) is 3. The largest absolute Gasteiger partial charge is 0.444 e. The van der Waals surface area contributed by atoms with Crippen LogP contribution in [0.3, 0.4) is 0 Å². The molecule has 0 aliphatic carbocycles. The Balaban J connectivity index is 0.00000180. The smallest absolute Gasteiger partial charge is 0.226 e. The first kappa shape index (κ1) is 18.2. The molecule has 7 heteroatoms. The van der Waals surface area contributed by atoms with Crippen molar-refractivity contribution in [1.82, 2.24) is 19.9 Å². The Morgan fingerprint density at radius 2 is 1.96 bits per heavy atom. The number of hydrogen-bond acceptors (Lipinski definition) is 5. The predicted molar refractivity (Wildman–Crippen MR) is 105 cm³/mol. The summed E-state index contributed by atoms with van der Waals surface area (Å²) < 4.78 is 14.1. The second kappa shape index (κ2) is 7.46. The fourth-order valence-electron chi connectivity index (χ4n) is 4.13. The van der Waals surface area contributed by atoms with Gasteiger partial charge in [-0.1, -0.05) is 18.2 Å². The number of piperidine rings is 1. The molecule has 0 amide bonds. The fourth-order valence-corrected chi connectivity index (χ4v) is 4.13. The molecule has 1 aromatic carbocycles. The number of imidazole rings is 1. The highest BCUT2D eigenvalue weighted by Crippen LogP contribution is 2.40. The highest BCUT2D eigenvalue weighted by atomic mass is 35.5. The Bertz CT molecular complexity index is 886. The number of aromatic nitrogens is 3. The summed E-state index contributed by atoms with van der Waals surface area (Å²) in [7, 11) is 0. The number of benzene rings is 1. The minimum Gasteiger partial charge on any atom is -0.444 e. The Kier molecular flexibility index (Phi) is 5.04. The molecule has 2 aliphatic rings. The van der Waals surface area contributed by atoms with Crippen molar-refractivity contribution < 1.29 is 9.15 Å². The van der Waals surface area contributed by atoms with E-state index in [1.165, 1.54) is 0 Å². The lowest BCUT2D eigenvalue weighted by Gasteiger charge is -2.32. The average Bonchev–Trinajstić information content (AvgIpc) is 3.42. The van der Waals surface area contributed by atoms with Crippen molar-refractivity contribution >= 4 is 12.4 Å². The van der Waals surface area contributed by atoms with Gasteiger partial charge in [-0.15, -0.1) is 12.4 Å². The zero-order chi connectivity index (χ0) is 17.4. The van der Waals surface area contributed by atoms with Crippen molar-refractivity contribution in [2.75, 3.05) is 19.7 Å². The lowest BCUT2D eigenvalue weighted by Crippen LogP contribution is -2.41. The Hall–Kier alpha value is -2.15. The summed E-state index contributed by atoms with van der Waals surface area (Å²) in [6, 6.07) is 10.2. The van der Waals surface area contributed by atoms with E-state index < -0.39 is 0 Å². The third-order valence-electron chi connectivity index (χ3n) is 5.52. The minimum absolute atomic E-state index is 0. The number of oxazole rings is 1. The Labute approximate surface area is 164 Å². The quantitative estimate of drug-likeness (QED) is 0.743. The summed E-state index contributed by atoms with van der Waals surface area (Å²) in [4.78, 5) is 9.20. The number of rotatable bonds is 3. The zero-order valence-corrected chi connectivity index (χ0v) is 15.8. The molecule has 142 valence electrons. The van der Waals surface area contributed by atoms with E-state index in [0.29, 0.717) is 11.9 Å². The van der Waals surface area contributed by atoms with Crippen LogP contribution in [0.2, 0.25) is 0 Å². The van der Waals surface area contributed by atoms with Crippen LogP contribution < -0.4 is 5.32 Å². The highest BCUT2D eigenvalue weighted by Gasteiger charge is 2.42. The highest BCUT2D eigenvalue weighted by molar-refractivity contribution is 5.85. The average molecular weight is 387 g/mol. The summed E-state index contributed by atoms with van der Waals surface area (Å²) in [6.07, 6.45) is 8.74. The van der Waals surface area contributed by atoms with Crippen LogP contribution in [-0.2, 0) is 4.74 Å². The maximum absolute atomic E-state index is 6.25. The van der Waals surface area contributed by atoms with E-state index in [0.717, 1.165) is 56.0 Å². The number of hydrogen-bond donors (Lipinski definition) is 1. The first-order valence-corrected chi connectivity index (χ1v) is 9.22. The van der Waals surface area contributed by atoms with Crippen LogP contribution in [0.4, 0.5) is 0 Å². The molecule has 4 heterocycles. The Morgan fingerprint density at radius 3 is 2.78 bits per heavy atom. The SMILES string of the molecule is Cl.c1ccc(-c2nc(-c3nccn3C3COC4(CCNCC4)C3)co2)cc1. The molecule has 6 nitrogen and oxygen atoms in total. The van der Waals surface area contributed by atoms with Gasteiger partial charge in [-0.25, -0.2) is 9.97 Å². The second-order valence-electron chi connectivity index (χ2n) is 7.16. The molecule has 1 atom stereocenters. The van der Waals surface area contributed by atoms with Gasteiger partial charge in [-0.3, -0.25) is 0 Å². The van der Waals surface area contributed by atoms with Gasteiger partial charge in [-0.2, -0.15) is 0 Å². The van der Waals surface area contributed by atoms with Crippen molar-refractivity contribution in [3.63, 3.8) is 0 Å². The van der Waals surface area contributed by atoms with Crippen LogP contribution in [0.1, 0.15) is 25.3 Å². The van der Waals surface area contributed by atoms with Crippen molar-refractivity contribution in [1.29, 1.82) is 0 Å². The molecular weight excluding hydrogens is 364 g/mol. The first-order chi connectivity index (χ1) is 12.8. The third-order valence-corrected chi connectivity index (χ3v) is 5.52. The monoisotopic (exact) mass is 386 g/mol. The minimum atomic E-state index is 0. The van der Waals surface area contributed by atoms with Crippen molar-refractivity contribution in [2.24, 2.45) is 0 Å². The number of ether oxygens (including phenoxy) is 1. The molecule has 27 heavy (non-hydrogen) atoms. The molecule has 2 fully saturated rings. The fraction of sp³-hybridized carbons (Fsp3) is 0.400. The van der Waals surface area contributed by atoms with Gasteiger partial charge < -0.3 is 19.0 Å². The van der Waals surface area contributed by atoms with E-state index in [1.807, 2.05) is 42.7 Å². The van der Waals surface area contributed by atoms with E-state index in [4.69, 9.17) is 9.15 Å². The van der Waals surface area contributed by atoms with Crippen LogP contribution in [-0.4, -0.2) is 39.8 Å². The first-order valence-electron chi connectivity index (χ1n) is 9.22. The van der Waals surface area contributed by atoms with E-state index >= 15 is 0 Å². The van der Waals surface area contributed by atoms with Crippen molar-refractivity contribution in [2.45, 2.75) is 30.9 Å².